The molecule has 0 fully saturated rings. The first-order valence-electron chi connectivity index (χ1n) is 7.63. The number of hydrogen-bond acceptors (Lipinski definition) is 3. The molecule has 0 aliphatic carbocycles. The van der Waals surface area contributed by atoms with Crippen LogP contribution < -0.4 is 0 Å². The molecule has 21 heavy (non-hydrogen) atoms. The third kappa shape index (κ3) is 6.39. The van der Waals surface area contributed by atoms with Crippen molar-refractivity contribution in [1.82, 2.24) is 4.98 Å². The minimum absolute atomic E-state index is 0.00744. The Bertz CT molecular complexity index is 497. The molecule has 0 unspecified atom stereocenters. The highest BCUT2D eigenvalue weighted by Crippen LogP contribution is 2.14. The van der Waals surface area contributed by atoms with Gasteiger partial charge in [0.05, 0.1) is 6.20 Å². The fourth-order valence-electron chi connectivity index (χ4n) is 2.08. The number of nitrogens with zero attached hydrogens (tertiary/aromatic N) is 1. The Morgan fingerprint density at radius 1 is 1.24 bits per heavy atom. The summed E-state index contributed by atoms with van der Waals surface area (Å²) in [6.07, 6.45) is 13.7. The molecule has 114 valence electrons. The Kier molecular flexibility index (Phi) is 8.10. The van der Waals surface area contributed by atoms with E-state index in [0.717, 1.165) is 44.3 Å². The molecule has 0 radical (unpaired) electrons. The van der Waals surface area contributed by atoms with E-state index in [1.54, 1.807) is 12.3 Å². The van der Waals surface area contributed by atoms with Crippen molar-refractivity contribution < 1.29 is 9.21 Å². The van der Waals surface area contributed by atoms with Crippen LogP contribution in [0.2, 0.25) is 0 Å². The number of hydrogen-bond donors (Lipinski definition) is 0. The third-order valence-corrected chi connectivity index (χ3v) is 3.35. The molecule has 3 nitrogen and oxygen atoms in total. The molecule has 3 heteroatoms. The van der Waals surface area contributed by atoms with Crippen molar-refractivity contribution in [2.24, 2.45) is 0 Å². The maximum Gasteiger partial charge on any atom is 0.263 e. The lowest BCUT2D eigenvalue weighted by Gasteiger charge is -2.02. The predicted octanol–water partition coefficient (Wildman–Crippen LogP) is 5.06. The van der Waals surface area contributed by atoms with E-state index in [1.165, 1.54) is 5.57 Å². The lowest BCUT2D eigenvalue weighted by Crippen LogP contribution is -1.99. The fraction of sp³-hybridized carbons (Fsp3) is 0.444. The van der Waals surface area contributed by atoms with Crippen LogP contribution in [0.1, 0.15) is 61.9 Å². The number of allylic oxidation sites excluding steroid dienone is 4. The number of Topliss-reactive ketones (excluding diaryl/α,β-unsaturated/α-hetero) is 1. The van der Waals surface area contributed by atoms with Crippen molar-refractivity contribution in [2.45, 2.75) is 51.9 Å². The van der Waals surface area contributed by atoms with Gasteiger partial charge in [0, 0.05) is 12.8 Å². The summed E-state index contributed by atoms with van der Waals surface area (Å²) in [6, 6.07) is 0. The average Bonchev–Trinajstić information content (AvgIpc) is 2.98. The molecule has 0 atom stereocenters. The first-order valence-corrected chi connectivity index (χ1v) is 7.63. The fourth-order valence-corrected chi connectivity index (χ4v) is 2.08. The van der Waals surface area contributed by atoms with Crippen molar-refractivity contribution >= 4 is 5.78 Å². The van der Waals surface area contributed by atoms with Crippen molar-refractivity contribution in [3.05, 3.63) is 54.8 Å². The van der Waals surface area contributed by atoms with Crippen molar-refractivity contribution in [2.75, 3.05) is 0 Å². The number of oxazole rings is 1. The molecule has 1 heterocycles. The molecule has 0 aliphatic heterocycles. The minimum Gasteiger partial charge on any atom is -0.439 e. The molecule has 0 aromatic carbocycles. The molecule has 0 bridgehead atoms. The monoisotopic (exact) mass is 287 g/mol. The van der Waals surface area contributed by atoms with Crippen LogP contribution in [0.15, 0.2) is 47.6 Å². The quantitative estimate of drug-likeness (QED) is 0.324. The van der Waals surface area contributed by atoms with Crippen molar-refractivity contribution in [1.29, 1.82) is 0 Å². The van der Waals surface area contributed by atoms with Gasteiger partial charge in [-0.25, -0.2) is 4.98 Å². The molecule has 1 aromatic heterocycles. The lowest BCUT2D eigenvalue weighted by atomic mass is 10.0. The van der Waals surface area contributed by atoms with Crippen LogP contribution in [0.4, 0.5) is 0 Å². The average molecular weight is 287 g/mol. The summed E-state index contributed by atoms with van der Waals surface area (Å²) in [4.78, 5) is 15.9. The van der Waals surface area contributed by atoms with E-state index in [9.17, 15) is 4.79 Å². The van der Waals surface area contributed by atoms with Crippen LogP contribution >= 0.6 is 0 Å². The summed E-state index contributed by atoms with van der Waals surface area (Å²) >= 11 is 0. The van der Waals surface area contributed by atoms with E-state index in [2.05, 4.69) is 18.1 Å². The first kappa shape index (κ1) is 17.2. The van der Waals surface area contributed by atoms with Gasteiger partial charge in [-0.2, -0.15) is 0 Å². The largest absolute Gasteiger partial charge is 0.439 e. The van der Waals surface area contributed by atoms with E-state index in [1.807, 2.05) is 19.1 Å². The molecule has 0 N–H and O–H groups in total. The number of unbranched alkanes of at least 4 members (excludes halogenated alkanes) is 3. The lowest BCUT2D eigenvalue weighted by molar-refractivity contribution is 0.0944. The Morgan fingerprint density at radius 2 is 1.95 bits per heavy atom. The zero-order valence-electron chi connectivity index (χ0n) is 12.9. The van der Waals surface area contributed by atoms with Gasteiger partial charge in [0.15, 0.2) is 0 Å². The van der Waals surface area contributed by atoms with Crippen molar-refractivity contribution in [3.8, 4) is 0 Å². The maximum absolute atomic E-state index is 11.9. The van der Waals surface area contributed by atoms with Crippen LogP contribution in [-0.4, -0.2) is 10.8 Å². The molecule has 0 aliphatic rings. The van der Waals surface area contributed by atoms with Gasteiger partial charge in [-0.15, -0.1) is 0 Å². The zero-order chi connectivity index (χ0) is 15.5. The molecule has 0 spiro atoms. The number of carbonyl (C=O) groups is 1. The summed E-state index contributed by atoms with van der Waals surface area (Å²) in [5.41, 5.74) is 1.22. The van der Waals surface area contributed by atoms with Gasteiger partial charge in [0.1, 0.15) is 5.76 Å². The molecule has 1 rings (SSSR count). The second kappa shape index (κ2) is 9.92. The Labute approximate surface area is 127 Å². The van der Waals surface area contributed by atoms with Crippen LogP contribution in [0.5, 0.6) is 0 Å². The Balaban J connectivity index is 2.16. The first-order chi connectivity index (χ1) is 10.2. The highest BCUT2D eigenvalue weighted by atomic mass is 16.4. The smallest absolute Gasteiger partial charge is 0.263 e. The summed E-state index contributed by atoms with van der Waals surface area (Å²) < 4.78 is 5.36. The summed E-state index contributed by atoms with van der Waals surface area (Å²) in [5.74, 6) is 1.03. The van der Waals surface area contributed by atoms with Gasteiger partial charge in [0.2, 0.25) is 5.78 Å². The van der Waals surface area contributed by atoms with Crippen LogP contribution in [0.25, 0.3) is 0 Å². The number of carbonyl (C=O) groups excluding carboxylic acids is 1. The number of aryl methyl sites for hydroxylation is 1. The van der Waals surface area contributed by atoms with E-state index in [-0.39, 0.29) is 11.7 Å². The Hall–Kier alpha value is -1.90. The van der Waals surface area contributed by atoms with E-state index in [4.69, 9.17) is 4.42 Å². The summed E-state index contributed by atoms with van der Waals surface area (Å²) in [6.45, 7) is 9.45. The van der Waals surface area contributed by atoms with Gasteiger partial charge in [0.25, 0.3) is 5.89 Å². The SMILES string of the molecule is C=C/C=C(\C=C)CCCCCCC(=O)c1ncc(CC)o1. The summed E-state index contributed by atoms with van der Waals surface area (Å²) in [7, 11) is 0. The molecule has 0 saturated heterocycles. The van der Waals surface area contributed by atoms with Crippen LogP contribution in [-0.2, 0) is 6.42 Å². The second-order valence-electron chi connectivity index (χ2n) is 5.00. The second-order valence-corrected chi connectivity index (χ2v) is 5.00. The molecule has 0 saturated carbocycles. The molecule has 1 aromatic rings. The van der Waals surface area contributed by atoms with E-state index in [0.29, 0.717) is 6.42 Å². The van der Waals surface area contributed by atoms with E-state index < -0.39 is 0 Å². The summed E-state index contributed by atoms with van der Waals surface area (Å²) in [5, 5.41) is 0. The zero-order valence-corrected chi connectivity index (χ0v) is 12.9. The van der Waals surface area contributed by atoms with Gasteiger partial charge in [-0.3, -0.25) is 4.79 Å². The normalized spacial score (nSPS) is 11.4. The van der Waals surface area contributed by atoms with Crippen molar-refractivity contribution in [3.63, 3.8) is 0 Å². The third-order valence-electron chi connectivity index (χ3n) is 3.35. The maximum atomic E-state index is 11.9. The predicted molar refractivity (Wildman–Crippen MR) is 86.4 cm³/mol. The number of rotatable bonds is 11. The van der Waals surface area contributed by atoms with Crippen LogP contribution in [0.3, 0.4) is 0 Å². The minimum atomic E-state index is 0.00744. The topological polar surface area (TPSA) is 43.1 Å². The van der Waals surface area contributed by atoms with Gasteiger partial charge in [-0.05, 0) is 24.8 Å². The van der Waals surface area contributed by atoms with E-state index >= 15 is 0 Å². The molecule has 0 amide bonds. The highest BCUT2D eigenvalue weighted by molar-refractivity contribution is 5.91. The Morgan fingerprint density at radius 3 is 2.52 bits per heavy atom. The number of aromatic nitrogens is 1. The van der Waals surface area contributed by atoms with Gasteiger partial charge < -0.3 is 4.42 Å². The molecular formula is C18H25NO2. The van der Waals surface area contributed by atoms with Gasteiger partial charge >= 0.3 is 0 Å². The van der Waals surface area contributed by atoms with Crippen LogP contribution in [0, 0.1) is 0 Å². The number of ketones is 1. The standard InChI is InChI=1S/C18H25NO2/c1-4-11-15(5-2)12-9-7-8-10-13-17(20)18-19-14-16(6-3)21-18/h4-5,11,14H,1-2,6-10,12-13H2,3H3/b15-11+. The highest BCUT2D eigenvalue weighted by Gasteiger charge is 2.11. The molecular weight excluding hydrogens is 262 g/mol. The van der Waals surface area contributed by atoms with Gasteiger partial charge in [-0.1, -0.05) is 51.2 Å².